The molecule has 0 aliphatic heterocycles. The molecule has 7 nitrogen and oxygen atoms in total. The van der Waals surface area contributed by atoms with Gasteiger partial charge in [0.1, 0.15) is 5.82 Å². The topological polar surface area (TPSA) is 92.9 Å². The summed E-state index contributed by atoms with van der Waals surface area (Å²) in [7, 11) is 1.84. The van der Waals surface area contributed by atoms with Gasteiger partial charge in [-0.3, -0.25) is 4.68 Å². The van der Waals surface area contributed by atoms with Crippen molar-refractivity contribution in [3.63, 3.8) is 0 Å². The van der Waals surface area contributed by atoms with Gasteiger partial charge in [0.15, 0.2) is 5.69 Å². The summed E-state index contributed by atoms with van der Waals surface area (Å²) in [6.45, 7) is 0.564. The average molecular weight is 233 g/mol. The van der Waals surface area contributed by atoms with E-state index in [9.17, 15) is 4.79 Å². The third-order valence-corrected chi connectivity index (χ3v) is 2.10. The van der Waals surface area contributed by atoms with Crippen LogP contribution >= 0.6 is 0 Å². The first-order chi connectivity index (χ1) is 8.15. The van der Waals surface area contributed by atoms with Gasteiger partial charge in [-0.2, -0.15) is 5.10 Å². The lowest BCUT2D eigenvalue weighted by Crippen LogP contribution is -2.05. The van der Waals surface area contributed by atoms with Crippen molar-refractivity contribution in [2.45, 2.75) is 6.54 Å². The molecule has 0 radical (unpaired) electrons. The Bertz CT molecular complexity index is 520. The molecule has 7 heteroatoms. The SMILES string of the molecule is Cn1cc(CNc2cnc(C(=O)O)cn2)cn1. The molecule has 0 aromatic carbocycles. The van der Waals surface area contributed by atoms with Gasteiger partial charge >= 0.3 is 5.97 Å². The maximum absolute atomic E-state index is 10.6. The second-order valence-electron chi connectivity index (χ2n) is 3.47. The van der Waals surface area contributed by atoms with Gasteiger partial charge in [-0.1, -0.05) is 0 Å². The Morgan fingerprint density at radius 2 is 2.24 bits per heavy atom. The van der Waals surface area contributed by atoms with E-state index in [0.717, 1.165) is 5.56 Å². The lowest BCUT2D eigenvalue weighted by molar-refractivity contribution is 0.0690. The first kappa shape index (κ1) is 11.1. The fourth-order valence-corrected chi connectivity index (χ4v) is 1.29. The Kier molecular flexibility index (Phi) is 2.99. The summed E-state index contributed by atoms with van der Waals surface area (Å²) in [4.78, 5) is 18.3. The van der Waals surface area contributed by atoms with Crippen molar-refractivity contribution in [2.24, 2.45) is 7.05 Å². The number of rotatable bonds is 4. The standard InChI is InChI=1S/C10H11N5O2/c1-15-6-7(3-14-15)2-12-9-5-11-8(4-13-9)10(16)17/h3-6H,2H2,1H3,(H,12,13)(H,16,17). The summed E-state index contributed by atoms with van der Waals surface area (Å²) < 4.78 is 1.70. The molecule has 0 spiro atoms. The predicted molar refractivity (Wildman–Crippen MR) is 59.5 cm³/mol. The van der Waals surface area contributed by atoms with Crippen LogP contribution in [0.5, 0.6) is 0 Å². The van der Waals surface area contributed by atoms with Gasteiger partial charge in [-0.15, -0.1) is 0 Å². The number of anilines is 1. The van der Waals surface area contributed by atoms with Crippen LogP contribution in [0.15, 0.2) is 24.8 Å². The molecule has 2 N–H and O–H groups in total. The molecular weight excluding hydrogens is 222 g/mol. The Morgan fingerprint density at radius 1 is 1.41 bits per heavy atom. The molecule has 2 heterocycles. The van der Waals surface area contributed by atoms with E-state index >= 15 is 0 Å². The van der Waals surface area contributed by atoms with Crippen LogP contribution in [-0.4, -0.2) is 30.8 Å². The van der Waals surface area contributed by atoms with Crippen molar-refractivity contribution in [3.05, 3.63) is 36.0 Å². The summed E-state index contributed by atoms with van der Waals surface area (Å²) in [5, 5.41) is 15.7. The molecule has 0 saturated heterocycles. The number of aromatic carboxylic acids is 1. The first-order valence-corrected chi connectivity index (χ1v) is 4.92. The highest BCUT2D eigenvalue weighted by Crippen LogP contribution is 2.04. The van der Waals surface area contributed by atoms with E-state index in [1.165, 1.54) is 12.4 Å². The van der Waals surface area contributed by atoms with Gasteiger partial charge in [-0.05, 0) is 0 Å². The predicted octanol–water partition coefficient (Wildman–Crippen LogP) is 0.520. The lowest BCUT2D eigenvalue weighted by atomic mass is 10.3. The normalized spacial score (nSPS) is 10.2. The zero-order valence-electron chi connectivity index (χ0n) is 9.16. The van der Waals surface area contributed by atoms with E-state index < -0.39 is 5.97 Å². The second-order valence-corrected chi connectivity index (χ2v) is 3.47. The largest absolute Gasteiger partial charge is 0.476 e. The molecule has 0 aliphatic rings. The number of nitrogens with zero attached hydrogens (tertiary/aromatic N) is 4. The number of hydrogen-bond donors (Lipinski definition) is 2. The van der Waals surface area contributed by atoms with Crippen molar-refractivity contribution in [1.29, 1.82) is 0 Å². The van der Waals surface area contributed by atoms with Crippen molar-refractivity contribution >= 4 is 11.8 Å². The van der Waals surface area contributed by atoms with E-state index in [4.69, 9.17) is 5.11 Å². The summed E-state index contributed by atoms with van der Waals surface area (Å²) in [5.74, 6) is -0.560. The Hall–Kier alpha value is -2.44. The van der Waals surface area contributed by atoms with E-state index in [2.05, 4.69) is 20.4 Å². The van der Waals surface area contributed by atoms with Gasteiger partial charge in [0, 0.05) is 25.4 Å². The van der Waals surface area contributed by atoms with Gasteiger partial charge in [0.25, 0.3) is 0 Å². The third kappa shape index (κ3) is 2.77. The second kappa shape index (κ2) is 4.60. The molecule has 0 atom stereocenters. The Labute approximate surface area is 97.1 Å². The number of carboxylic acid groups (broad SMARTS) is 1. The van der Waals surface area contributed by atoms with Crippen LogP contribution < -0.4 is 5.32 Å². The van der Waals surface area contributed by atoms with Crippen LogP contribution in [0.2, 0.25) is 0 Å². The number of hydrogen-bond acceptors (Lipinski definition) is 5. The summed E-state index contributed by atoms with van der Waals surface area (Å²) >= 11 is 0. The van der Waals surface area contributed by atoms with Gasteiger partial charge < -0.3 is 10.4 Å². The van der Waals surface area contributed by atoms with E-state index in [1.54, 1.807) is 10.9 Å². The van der Waals surface area contributed by atoms with Crippen molar-refractivity contribution < 1.29 is 9.90 Å². The Morgan fingerprint density at radius 3 is 2.76 bits per heavy atom. The minimum Gasteiger partial charge on any atom is -0.476 e. The maximum Gasteiger partial charge on any atom is 0.356 e. The van der Waals surface area contributed by atoms with E-state index in [0.29, 0.717) is 12.4 Å². The fraction of sp³-hybridized carbons (Fsp3) is 0.200. The highest BCUT2D eigenvalue weighted by Gasteiger charge is 2.04. The number of aromatic nitrogens is 4. The van der Waals surface area contributed by atoms with Crippen molar-refractivity contribution in [3.8, 4) is 0 Å². The number of nitrogens with one attached hydrogen (secondary N) is 1. The van der Waals surface area contributed by atoms with Gasteiger partial charge in [0.2, 0.25) is 0 Å². The molecule has 0 aliphatic carbocycles. The van der Waals surface area contributed by atoms with Gasteiger partial charge in [0.05, 0.1) is 18.6 Å². The zero-order valence-corrected chi connectivity index (χ0v) is 9.16. The molecule has 2 rings (SSSR count). The molecular formula is C10H11N5O2. The quantitative estimate of drug-likeness (QED) is 0.799. The van der Waals surface area contributed by atoms with Crippen LogP contribution in [0.4, 0.5) is 5.82 Å². The third-order valence-electron chi connectivity index (χ3n) is 2.10. The average Bonchev–Trinajstić information content (AvgIpc) is 2.73. The lowest BCUT2D eigenvalue weighted by Gasteiger charge is -2.02. The van der Waals surface area contributed by atoms with Crippen molar-refractivity contribution in [2.75, 3.05) is 5.32 Å². The smallest absolute Gasteiger partial charge is 0.356 e. The highest BCUT2D eigenvalue weighted by molar-refractivity contribution is 5.84. The number of carbonyl (C=O) groups is 1. The van der Waals surface area contributed by atoms with Crippen molar-refractivity contribution in [1.82, 2.24) is 19.7 Å². The molecule has 2 aromatic heterocycles. The Balaban J connectivity index is 1.97. The van der Waals surface area contributed by atoms with Crippen LogP contribution in [0.1, 0.15) is 16.1 Å². The van der Waals surface area contributed by atoms with Crippen LogP contribution in [-0.2, 0) is 13.6 Å². The molecule has 2 aromatic rings. The molecule has 17 heavy (non-hydrogen) atoms. The minimum absolute atomic E-state index is 0.0723. The first-order valence-electron chi connectivity index (χ1n) is 4.92. The molecule has 0 bridgehead atoms. The molecule has 0 saturated carbocycles. The maximum atomic E-state index is 10.6. The van der Waals surface area contributed by atoms with Gasteiger partial charge in [-0.25, -0.2) is 14.8 Å². The molecule has 0 fully saturated rings. The zero-order chi connectivity index (χ0) is 12.3. The van der Waals surface area contributed by atoms with E-state index in [1.807, 2.05) is 13.2 Å². The van der Waals surface area contributed by atoms with Crippen LogP contribution in [0, 0.1) is 0 Å². The summed E-state index contributed by atoms with van der Waals surface area (Å²) in [6, 6.07) is 0. The number of carboxylic acids is 1. The number of aryl methyl sites for hydroxylation is 1. The minimum atomic E-state index is -1.09. The molecule has 0 unspecified atom stereocenters. The molecule has 88 valence electrons. The summed E-state index contributed by atoms with van der Waals surface area (Å²) in [5.41, 5.74) is 0.938. The highest BCUT2D eigenvalue weighted by atomic mass is 16.4. The molecule has 0 amide bonds. The van der Waals surface area contributed by atoms with Crippen LogP contribution in [0.25, 0.3) is 0 Å². The monoisotopic (exact) mass is 233 g/mol. The van der Waals surface area contributed by atoms with E-state index in [-0.39, 0.29) is 5.69 Å². The van der Waals surface area contributed by atoms with Crippen LogP contribution in [0.3, 0.4) is 0 Å². The summed E-state index contributed by atoms with van der Waals surface area (Å²) in [6.07, 6.45) is 6.23. The fourth-order valence-electron chi connectivity index (χ4n) is 1.29.